The Bertz CT molecular complexity index is 509. The number of hydrogen-bond donors (Lipinski definition) is 1. The summed E-state index contributed by atoms with van der Waals surface area (Å²) in [4.78, 5) is 1.19. The topological polar surface area (TPSA) is 12.0 Å². The van der Waals surface area contributed by atoms with Crippen LogP contribution in [-0.4, -0.2) is 6.54 Å². The first-order valence-corrected chi connectivity index (χ1v) is 8.43. The zero-order valence-electron chi connectivity index (χ0n) is 11.2. The molecular formula is C15H18ClNS2. The van der Waals surface area contributed by atoms with Crippen LogP contribution < -0.4 is 5.32 Å². The molecule has 1 aromatic heterocycles. The number of rotatable bonds is 6. The molecule has 0 amide bonds. The predicted octanol–water partition coefficient (Wildman–Crippen LogP) is 5.30. The van der Waals surface area contributed by atoms with Gasteiger partial charge in [-0.25, -0.2) is 0 Å². The number of benzene rings is 1. The summed E-state index contributed by atoms with van der Waals surface area (Å²) in [6, 6.07) is 10.5. The Labute approximate surface area is 128 Å². The zero-order chi connectivity index (χ0) is 13.7. The van der Waals surface area contributed by atoms with Gasteiger partial charge in [-0.2, -0.15) is 0 Å². The molecule has 102 valence electrons. The molecule has 0 unspecified atom stereocenters. The van der Waals surface area contributed by atoms with Gasteiger partial charge in [0.2, 0.25) is 0 Å². The molecule has 0 fully saturated rings. The molecule has 1 heterocycles. The highest BCUT2D eigenvalue weighted by Gasteiger charge is 2.04. The molecule has 0 saturated carbocycles. The molecule has 0 aliphatic carbocycles. The summed E-state index contributed by atoms with van der Waals surface area (Å²) in [5.74, 6) is 0.660. The molecule has 0 bridgehead atoms. The lowest BCUT2D eigenvalue weighted by Crippen LogP contribution is -2.19. The summed E-state index contributed by atoms with van der Waals surface area (Å²) in [5.41, 5.74) is 1.16. The van der Waals surface area contributed by atoms with Gasteiger partial charge in [-0.3, -0.25) is 0 Å². The second-order valence-electron chi connectivity index (χ2n) is 4.81. The largest absolute Gasteiger partial charge is 0.312 e. The maximum absolute atomic E-state index is 6.33. The summed E-state index contributed by atoms with van der Waals surface area (Å²) in [7, 11) is 0. The fraction of sp³-hybridized carbons (Fsp3) is 0.333. The minimum absolute atomic E-state index is 0.660. The van der Waals surface area contributed by atoms with E-state index in [0.717, 1.165) is 23.7 Å². The zero-order valence-corrected chi connectivity index (χ0v) is 13.5. The third kappa shape index (κ3) is 4.84. The molecule has 0 saturated heterocycles. The third-order valence-electron chi connectivity index (χ3n) is 2.61. The molecule has 0 aliphatic rings. The van der Waals surface area contributed by atoms with Crippen molar-refractivity contribution in [3.05, 3.63) is 46.3 Å². The Morgan fingerprint density at radius 3 is 2.79 bits per heavy atom. The van der Waals surface area contributed by atoms with E-state index in [1.807, 2.05) is 0 Å². The van der Waals surface area contributed by atoms with Crippen molar-refractivity contribution in [2.24, 2.45) is 5.92 Å². The molecule has 1 nitrogen and oxygen atoms in total. The van der Waals surface area contributed by atoms with Crippen LogP contribution in [0.25, 0.3) is 0 Å². The standard InChI is InChI=1S/C15H18ClNS2/c1-11(2)9-17-10-12-5-6-13(8-14(12)16)19-15-4-3-7-18-15/h3-8,11,17H,9-10H2,1-2H3. The second kappa shape index (κ2) is 7.34. The van der Waals surface area contributed by atoms with Crippen molar-refractivity contribution < 1.29 is 0 Å². The summed E-state index contributed by atoms with van der Waals surface area (Å²) < 4.78 is 1.29. The molecule has 1 N–H and O–H groups in total. The first kappa shape index (κ1) is 14.9. The van der Waals surface area contributed by atoms with Crippen LogP contribution in [0.3, 0.4) is 0 Å². The lowest BCUT2D eigenvalue weighted by Gasteiger charge is -2.09. The molecule has 4 heteroatoms. The van der Waals surface area contributed by atoms with Crippen molar-refractivity contribution >= 4 is 34.7 Å². The van der Waals surface area contributed by atoms with Gasteiger partial charge in [0.15, 0.2) is 0 Å². The first-order valence-electron chi connectivity index (χ1n) is 6.35. The van der Waals surface area contributed by atoms with Crippen LogP contribution in [0.5, 0.6) is 0 Å². The van der Waals surface area contributed by atoms with Gasteiger partial charge >= 0.3 is 0 Å². The van der Waals surface area contributed by atoms with Gasteiger partial charge in [0.1, 0.15) is 0 Å². The van der Waals surface area contributed by atoms with Crippen LogP contribution in [0.2, 0.25) is 5.02 Å². The normalized spacial score (nSPS) is 11.2. The van der Waals surface area contributed by atoms with Gasteiger partial charge in [-0.05, 0) is 41.6 Å². The van der Waals surface area contributed by atoms with Crippen molar-refractivity contribution in [1.29, 1.82) is 0 Å². The van der Waals surface area contributed by atoms with E-state index in [-0.39, 0.29) is 0 Å². The maximum Gasteiger partial charge on any atom is 0.0646 e. The van der Waals surface area contributed by atoms with Crippen molar-refractivity contribution in [2.45, 2.75) is 29.5 Å². The fourth-order valence-corrected chi connectivity index (χ4v) is 3.77. The van der Waals surface area contributed by atoms with Crippen molar-refractivity contribution in [1.82, 2.24) is 5.32 Å². The van der Waals surface area contributed by atoms with Gasteiger partial charge in [0, 0.05) is 16.5 Å². The molecule has 2 rings (SSSR count). The van der Waals surface area contributed by atoms with E-state index in [4.69, 9.17) is 11.6 Å². The minimum Gasteiger partial charge on any atom is -0.312 e. The predicted molar refractivity (Wildman–Crippen MR) is 86.4 cm³/mol. The number of hydrogen-bond acceptors (Lipinski definition) is 3. The summed E-state index contributed by atoms with van der Waals surface area (Å²) in [5, 5.41) is 6.35. The molecule has 0 spiro atoms. The summed E-state index contributed by atoms with van der Waals surface area (Å²) in [6.07, 6.45) is 0. The van der Waals surface area contributed by atoms with E-state index >= 15 is 0 Å². The Morgan fingerprint density at radius 1 is 1.32 bits per heavy atom. The van der Waals surface area contributed by atoms with Gasteiger partial charge in [0.05, 0.1) is 4.21 Å². The van der Waals surface area contributed by atoms with Gasteiger partial charge in [0.25, 0.3) is 0 Å². The average Bonchev–Trinajstić information content (AvgIpc) is 2.84. The first-order chi connectivity index (χ1) is 9.15. The Balaban J connectivity index is 1.96. The second-order valence-corrected chi connectivity index (χ2v) is 7.54. The Morgan fingerprint density at radius 2 is 2.16 bits per heavy atom. The lowest BCUT2D eigenvalue weighted by atomic mass is 10.2. The highest BCUT2D eigenvalue weighted by atomic mass is 35.5. The number of halogens is 1. The lowest BCUT2D eigenvalue weighted by molar-refractivity contribution is 0.552. The highest BCUT2D eigenvalue weighted by Crippen LogP contribution is 2.33. The van der Waals surface area contributed by atoms with E-state index in [9.17, 15) is 0 Å². The van der Waals surface area contributed by atoms with Gasteiger partial charge in [-0.1, -0.05) is 49.3 Å². The van der Waals surface area contributed by atoms with E-state index in [1.54, 1.807) is 23.1 Å². The molecule has 19 heavy (non-hydrogen) atoms. The fourth-order valence-electron chi connectivity index (χ4n) is 1.67. The maximum atomic E-state index is 6.33. The summed E-state index contributed by atoms with van der Waals surface area (Å²) >= 11 is 9.85. The van der Waals surface area contributed by atoms with Gasteiger partial charge in [-0.15, -0.1) is 11.3 Å². The van der Waals surface area contributed by atoms with E-state index < -0.39 is 0 Å². The van der Waals surface area contributed by atoms with Crippen molar-refractivity contribution in [3.8, 4) is 0 Å². The number of nitrogens with one attached hydrogen (secondary N) is 1. The van der Waals surface area contributed by atoms with E-state index in [2.05, 4.69) is 54.9 Å². The Hall–Kier alpha value is -0.480. The molecule has 0 radical (unpaired) electrons. The average molecular weight is 312 g/mol. The van der Waals surface area contributed by atoms with Crippen molar-refractivity contribution in [3.63, 3.8) is 0 Å². The number of thiophene rings is 1. The third-order valence-corrected chi connectivity index (χ3v) is 4.99. The molecule has 1 aromatic carbocycles. The van der Waals surface area contributed by atoms with Crippen molar-refractivity contribution in [2.75, 3.05) is 6.54 Å². The SMILES string of the molecule is CC(C)CNCc1ccc(Sc2cccs2)cc1Cl. The highest BCUT2D eigenvalue weighted by molar-refractivity contribution is 8.01. The molecule has 0 atom stereocenters. The van der Waals surface area contributed by atoms with E-state index in [1.165, 1.54) is 9.10 Å². The smallest absolute Gasteiger partial charge is 0.0646 e. The summed E-state index contributed by atoms with van der Waals surface area (Å²) in [6.45, 7) is 6.26. The quantitative estimate of drug-likeness (QED) is 0.777. The molecular weight excluding hydrogens is 294 g/mol. The van der Waals surface area contributed by atoms with Crippen LogP contribution in [0, 0.1) is 5.92 Å². The molecule has 2 aromatic rings. The van der Waals surface area contributed by atoms with Crippen LogP contribution in [-0.2, 0) is 6.54 Å². The van der Waals surface area contributed by atoms with E-state index in [0.29, 0.717) is 5.92 Å². The minimum atomic E-state index is 0.660. The molecule has 0 aliphatic heterocycles. The monoisotopic (exact) mass is 311 g/mol. The van der Waals surface area contributed by atoms with Crippen LogP contribution >= 0.6 is 34.7 Å². The van der Waals surface area contributed by atoms with Crippen LogP contribution in [0.4, 0.5) is 0 Å². The van der Waals surface area contributed by atoms with Crippen LogP contribution in [0.15, 0.2) is 44.8 Å². The Kier molecular flexibility index (Phi) is 5.76. The van der Waals surface area contributed by atoms with Gasteiger partial charge < -0.3 is 5.32 Å². The van der Waals surface area contributed by atoms with Crippen LogP contribution in [0.1, 0.15) is 19.4 Å².